The summed E-state index contributed by atoms with van der Waals surface area (Å²) < 4.78 is 5.09. The normalized spacial score (nSPS) is 18.7. The van der Waals surface area contributed by atoms with Crippen LogP contribution in [0.1, 0.15) is 29.5 Å². The molecule has 1 aliphatic heterocycles. The molecule has 0 spiro atoms. The Bertz CT molecular complexity index is 585. The Labute approximate surface area is 116 Å². The largest absolute Gasteiger partial charge is 0.361 e. The number of hydrogen-bond donors (Lipinski definition) is 0. The molecule has 1 unspecified atom stereocenters. The molecule has 1 fully saturated rings. The molecule has 0 N–H and O–H groups in total. The number of likely N-dealkylation sites (tertiary alicyclic amines) is 1. The second kappa shape index (κ2) is 5.07. The summed E-state index contributed by atoms with van der Waals surface area (Å²) in [5.41, 5.74) is 1.69. The van der Waals surface area contributed by atoms with E-state index in [1.165, 1.54) is 0 Å². The number of nitrogens with zero attached hydrogens (tertiary/aromatic N) is 5. The third-order valence-electron chi connectivity index (χ3n) is 3.79. The summed E-state index contributed by atoms with van der Waals surface area (Å²) >= 11 is 0. The lowest BCUT2D eigenvalue weighted by molar-refractivity contribution is -0.129. The lowest BCUT2D eigenvalue weighted by Crippen LogP contribution is -2.31. The molecule has 20 heavy (non-hydrogen) atoms. The van der Waals surface area contributed by atoms with E-state index in [-0.39, 0.29) is 11.9 Å². The van der Waals surface area contributed by atoms with Crippen molar-refractivity contribution in [3.63, 3.8) is 0 Å². The Morgan fingerprint density at radius 1 is 1.40 bits per heavy atom. The molecule has 106 valence electrons. The van der Waals surface area contributed by atoms with E-state index in [0.717, 1.165) is 30.0 Å². The number of carbonyl (C=O) groups is 1. The van der Waals surface area contributed by atoms with Crippen LogP contribution in [0.2, 0.25) is 0 Å². The average molecular weight is 275 g/mol. The van der Waals surface area contributed by atoms with Gasteiger partial charge in [-0.3, -0.25) is 4.79 Å². The summed E-state index contributed by atoms with van der Waals surface area (Å²) in [6.07, 6.45) is 4.56. The second-order valence-corrected chi connectivity index (χ2v) is 5.11. The molecule has 0 saturated carbocycles. The molecule has 1 atom stereocenters. The van der Waals surface area contributed by atoms with E-state index in [9.17, 15) is 4.79 Å². The van der Waals surface area contributed by atoms with Crippen molar-refractivity contribution in [2.24, 2.45) is 0 Å². The first-order valence-corrected chi connectivity index (χ1v) is 6.70. The third-order valence-corrected chi connectivity index (χ3v) is 3.79. The van der Waals surface area contributed by atoms with Gasteiger partial charge in [-0.05, 0) is 20.3 Å². The molecule has 0 radical (unpaired) electrons. The van der Waals surface area contributed by atoms with E-state index in [0.29, 0.717) is 13.0 Å². The maximum atomic E-state index is 12.3. The summed E-state index contributed by atoms with van der Waals surface area (Å²) in [5.74, 6) is 0.828. The predicted octanol–water partition coefficient (Wildman–Crippen LogP) is 0.899. The third kappa shape index (κ3) is 2.31. The van der Waals surface area contributed by atoms with E-state index >= 15 is 0 Å². The van der Waals surface area contributed by atoms with Crippen LogP contribution in [-0.2, 0) is 11.2 Å². The number of rotatable bonds is 3. The minimum atomic E-state index is 0.106. The van der Waals surface area contributed by atoms with Gasteiger partial charge in [0, 0.05) is 18.7 Å². The van der Waals surface area contributed by atoms with Crippen molar-refractivity contribution in [3.05, 3.63) is 29.4 Å². The fraction of sp³-hybridized carbons (Fsp3) is 0.538. The Kier molecular flexibility index (Phi) is 3.25. The van der Waals surface area contributed by atoms with Crippen LogP contribution in [0.5, 0.6) is 0 Å². The molecule has 0 aromatic carbocycles. The van der Waals surface area contributed by atoms with Crippen LogP contribution in [0.15, 0.2) is 16.9 Å². The van der Waals surface area contributed by atoms with Gasteiger partial charge in [0.15, 0.2) is 0 Å². The number of aromatic nitrogens is 4. The second-order valence-electron chi connectivity index (χ2n) is 5.11. The number of hydrogen-bond acceptors (Lipinski definition) is 5. The lowest BCUT2D eigenvalue weighted by atomic mass is 10.1. The Balaban J connectivity index is 1.65. The van der Waals surface area contributed by atoms with Crippen LogP contribution < -0.4 is 0 Å². The molecule has 1 amide bonds. The van der Waals surface area contributed by atoms with Gasteiger partial charge >= 0.3 is 0 Å². The van der Waals surface area contributed by atoms with Gasteiger partial charge in [-0.15, -0.1) is 0 Å². The van der Waals surface area contributed by atoms with Gasteiger partial charge in [0.2, 0.25) is 5.91 Å². The first-order chi connectivity index (χ1) is 9.65. The molecule has 7 nitrogen and oxygen atoms in total. The van der Waals surface area contributed by atoms with Crippen LogP contribution in [0.4, 0.5) is 0 Å². The lowest BCUT2D eigenvalue weighted by Gasteiger charge is -2.16. The highest BCUT2D eigenvalue weighted by Gasteiger charge is 2.29. The van der Waals surface area contributed by atoms with Gasteiger partial charge in [-0.1, -0.05) is 5.16 Å². The zero-order valence-corrected chi connectivity index (χ0v) is 11.6. The molecule has 3 rings (SSSR count). The zero-order chi connectivity index (χ0) is 14.1. The van der Waals surface area contributed by atoms with Gasteiger partial charge < -0.3 is 9.42 Å². The van der Waals surface area contributed by atoms with Crippen molar-refractivity contribution in [1.82, 2.24) is 25.1 Å². The summed E-state index contributed by atoms with van der Waals surface area (Å²) in [6.45, 7) is 5.11. The molecule has 2 aromatic rings. The van der Waals surface area contributed by atoms with Crippen LogP contribution in [0, 0.1) is 13.8 Å². The standard InChI is InChI=1S/C13H17N5O2/c1-9-12(10(2)20-16-9)7-13(19)17-6-3-11(8-17)18-14-4-5-15-18/h4-5,11H,3,6-8H2,1-2H3. The first kappa shape index (κ1) is 12.8. The van der Waals surface area contributed by atoms with E-state index in [1.807, 2.05) is 18.7 Å². The number of amides is 1. The molecule has 0 bridgehead atoms. The monoisotopic (exact) mass is 275 g/mol. The van der Waals surface area contributed by atoms with Crippen LogP contribution >= 0.6 is 0 Å². The van der Waals surface area contributed by atoms with Crippen molar-refractivity contribution >= 4 is 5.91 Å². The minimum Gasteiger partial charge on any atom is -0.361 e. The highest BCUT2D eigenvalue weighted by molar-refractivity contribution is 5.79. The minimum absolute atomic E-state index is 0.106. The molecular formula is C13H17N5O2. The summed E-state index contributed by atoms with van der Waals surface area (Å²) in [7, 11) is 0. The predicted molar refractivity (Wildman–Crippen MR) is 69.9 cm³/mol. The van der Waals surface area contributed by atoms with E-state index in [4.69, 9.17) is 4.52 Å². The SMILES string of the molecule is Cc1noc(C)c1CC(=O)N1CCC(n2nccn2)C1. The van der Waals surface area contributed by atoms with E-state index in [1.54, 1.807) is 17.2 Å². The van der Waals surface area contributed by atoms with Crippen molar-refractivity contribution in [3.8, 4) is 0 Å². The summed E-state index contributed by atoms with van der Waals surface area (Å²) in [4.78, 5) is 15.9. The fourth-order valence-corrected chi connectivity index (χ4v) is 2.59. The first-order valence-electron chi connectivity index (χ1n) is 6.70. The van der Waals surface area contributed by atoms with Crippen molar-refractivity contribution in [2.75, 3.05) is 13.1 Å². The molecule has 0 aliphatic carbocycles. The van der Waals surface area contributed by atoms with Gasteiger partial charge in [-0.25, -0.2) is 0 Å². The van der Waals surface area contributed by atoms with E-state index < -0.39 is 0 Å². The molecule has 3 heterocycles. The van der Waals surface area contributed by atoms with Gasteiger partial charge in [0.1, 0.15) is 5.76 Å². The van der Waals surface area contributed by atoms with Crippen molar-refractivity contribution < 1.29 is 9.32 Å². The quantitative estimate of drug-likeness (QED) is 0.831. The molecule has 7 heteroatoms. The van der Waals surface area contributed by atoms with Crippen molar-refractivity contribution in [1.29, 1.82) is 0 Å². The Morgan fingerprint density at radius 2 is 2.15 bits per heavy atom. The highest BCUT2D eigenvalue weighted by atomic mass is 16.5. The maximum Gasteiger partial charge on any atom is 0.227 e. The topological polar surface area (TPSA) is 77.0 Å². The fourth-order valence-electron chi connectivity index (χ4n) is 2.59. The molecule has 1 saturated heterocycles. The van der Waals surface area contributed by atoms with Gasteiger partial charge in [-0.2, -0.15) is 15.0 Å². The summed E-state index contributed by atoms with van der Waals surface area (Å²) in [5, 5.41) is 12.2. The maximum absolute atomic E-state index is 12.3. The summed E-state index contributed by atoms with van der Waals surface area (Å²) in [6, 6.07) is 0.179. The highest BCUT2D eigenvalue weighted by Crippen LogP contribution is 2.21. The smallest absolute Gasteiger partial charge is 0.227 e. The van der Waals surface area contributed by atoms with Gasteiger partial charge in [0.05, 0.1) is 30.6 Å². The van der Waals surface area contributed by atoms with Crippen LogP contribution in [-0.4, -0.2) is 44.0 Å². The van der Waals surface area contributed by atoms with E-state index in [2.05, 4.69) is 15.4 Å². The molecule has 2 aromatic heterocycles. The zero-order valence-electron chi connectivity index (χ0n) is 11.6. The molecular weight excluding hydrogens is 258 g/mol. The Morgan fingerprint density at radius 3 is 2.80 bits per heavy atom. The number of aryl methyl sites for hydroxylation is 2. The Hall–Kier alpha value is -2.18. The van der Waals surface area contributed by atoms with Gasteiger partial charge in [0.25, 0.3) is 0 Å². The van der Waals surface area contributed by atoms with Crippen LogP contribution in [0.25, 0.3) is 0 Å². The van der Waals surface area contributed by atoms with Crippen LogP contribution in [0.3, 0.4) is 0 Å². The average Bonchev–Trinajstić information content (AvgIpc) is 3.14. The number of carbonyl (C=O) groups excluding carboxylic acids is 1. The molecule has 1 aliphatic rings. The van der Waals surface area contributed by atoms with Crippen molar-refractivity contribution in [2.45, 2.75) is 32.7 Å².